The maximum Gasteiger partial charge on any atom is 0.337 e. The molecule has 126 valence electrons. The molecule has 0 radical (unpaired) electrons. The molecule has 8 heteroatoms. The molecule has 7 nitrogen and oxygen atoms in total. The Bertz CT molecular complexity index is 990. The SMILES string of the molecule is COC(=O)c1ccc2c(Oc3ccc([N+](=O)[O-])cc3F)ccnc2c1. The van der Waals surface area contributed by atoms with Crippen molar-refractivity contribution in [2.75, 3.05) is 7.11 Å². The summed E-state index contributed by atoms with van der Waals surface area (Å²) in [6.07, 6.45) is 1.45. The third-order valence-corrected chi connectivity index (χ3v) is 3.47. The number of ether oxygens (including phenoxy) is 2. The number of benzene rings is 2. The van der Waals surface area contributed by atoms with Crippen LogP contribution in [0.15, 0.2) is 48.7 Å². The Balaban J connectivity index is 1.99. The van der Waals surface area contributed by atoms with Crippen LogP contribution in [-0.4, -0.2) is 23.0 Å². The van der Waals surface area contributed by atoms with Crippen molar-refractivity contribution in [3.8, 4) is 11.5 Å². The Labute approximate surface area is 140 Å². The molecule has 2 aromatic carbocycles. The number of rotatable bonds is 4. The van der Waals surface area contributed by atoms with Gasteiger partial charge in [-0.05, 0) is 30.3 Å². The van der Waals surface area contributed by atoms with Crippen LogP contribution in [0.1, 0.15) is 10.4 Å². The highest BCUT2D eigenvalue weighted by molar-refractivity contribution is 5.95. The fourth-order valence-electron chi connectivity index (χ4n) is 2.26. The average molecular weight is 342 g/mol. The van der Waals surface area contributed by atoms with Crippen LogP contribution in [0.3, 0.4) is 0 Å². The van der Waals surface area contributed by atoms with Crippen molar-refractivity contribution in [2.45, 2.75) is 0 Å². The minimum Gasteiger partial charge on any atom is -0.465 e. The lowest BCUT2D eigenvalue weighted by atomic mass is 10.1. The van der Waals surface area contributed by atoms with Crippen LogP contribution in [-0.2, 0) is 4.74 Å². The van der Waals surface area contributed by atoms with E-state index in [1.165, 1.54) is 37.6 Å². The van der Waals surface area contributed by atoms with E-state index in [0.717, 1.165) is 12.1 Å². The van der Waals surface area contributed by atoms with Gasteiger partial charge in [0.05, 0.1) is 29.2 Å². The number of nitro benzene ring substituents is 1. The Morgan fingerprint density at radius 3 is 2.64 bits per heavy atom. The molecule has 1 heterocycles. The molecule has 0 amide bonds. The van der Waals surface area contributed by atoms with Crippen LogP contribution in [0.5, 0.6) is 11.5 Å². The molecule has 3 rings (SSSR count). The number of methoxy groups -OCH3 is 1. The van der Waals surface area contributed by atoms with E-state index >= 15 is 0 Å². The van der Waals surface area contributed by atoms with Gasteiger partial charge in [-0.25, -0.2) is 9.18 Å². The summed E-state index contributed by atoms with van der Waals surface area (Å²) in [5, 5.41) is 11.2. The maximum atomic E-state index is 14.0. The van der Waals surface area contributed by atoms with Crippen molar-refractivity contribution in [1.29, 1.82) is 0 Å². The number of pyridine rings is 1. The third kappa shape index (κ3) is 3.23. The van der Waals surface area contributed by atoms with E-state index in [1.807, 2.05) is 0 Å². The number of nitro groups is 1. The van der Waals surface area contributed by atoms with Crippen LogP contribution in [0.25, 0.3) is 10.9 Å². The van der Waals surface area contributed by atoms with Crippen LogP contribution in [0.4, 0.5) is 10.1 Å². The molecule has 0 bridgehead atoms. The van der Waals surface area contributed by atoms with E-state index in [0.29, 0.717) is 22.2 Å². The molecule has 1 aromatic heterocycles. The van der Waals surface area contributed by atoms with Crippen LogP contribution in [0, 0.1) is 15.9 Å². The van der Waals surface area contributed by atoms with Crippen molar-refractivity contribution >= 4 is 22.6 Å². The zero-order valence-electron chi connectivity index (χ0n) is 12.9. The number of fused-ring (bicyclic) bond motifs is 1. The normalized spacial score (nSPS) is 10.5. The summed E-state index contributed by atoms with van der Waals surface area (Å²) in [7, 11) is 1.27. The minimum absolute atomic E-state index is 0.157. The molecule has 0 atom stereocenters. The lowest BCUT2D eigenvalue weighted by Gasteiger charge is -2.10. The minimum atomic E-state index is -0.856. The highest BCUT2D eigenvalue weighted by Crippen LogP contribution is 2.32. The fraction of sp³-hybridized carbons (Fsp3) is 0.0588. The van der Waals surface area contributed by atoms with Gasteiger partial charge in [0, 0.05) is 17.6 Å². The Morgan fingerprint density at radius 2 is 1.96 bits per heavy atom. The van der Waals surface area contributed by atoms with Crippen LogP contribution >= 0.6 is 0 Å². The second-order valence-electron chi connectivity index (χ2n) is 5.01. The van der Waals surface area contributed by atoms with Crippen molar-refractivity contribution in [1.82, 2.24) is 4.98 Å². The second kappa shape index (κ2) is 6.52. The molecule has 3 aromatic rings. The number of carbonyl (C=O) groups is 1. The quantitative estimate of drug-likeness (QED) is 0.406. The van der Waals surface area contributed by atoms with Crippen LogP contribution in [0.2, 0.25) is 0 Å². The zero-order chi connectivity index (χ0) is 18.0. The molecule has 25 heavy (non-hydrogen) atoms. The first-order valence-corrected chi connectivity index (χ1v) is 7.08. The van der Waals surface area contributed by atoms with Gasteiger partial charge in [0.25, 0.3) is 5.69 Å². The third-order valence-electron chi connectivity index (χ3n) is 3.47. The van der Waals surface area contributed by atoms with E-state index < -0.39 is 16.7 Å². The Morgan fingerprint density at radius 1 is 1.16 bits per heavy atom. The molecule has 0 saturated heterocycles. The molecule has 0 aliphatic heterocycles. The topological polar surface area (TPSA) is 91.6 Å². The zero-order valence-corrected chi connectivity index (χ0v) is 12.9. The fourth-order valence-corrected chi connectivity index (χ4v) is 2.26. The second-order valence-corrected chi connectivity index (χ2v) is 5.01. The summed E-state index contributed by atoms with van der Waals surface area (Å²) in [6, 6.07) is 9.32. The molecule has 0 fully saturated rings. The number of carbonyl (C=O) groups excluding carboxylic acids is 1. The van der Waals surface area contributed by atoms with Crippen molar-refractivity contribution in [3.63, 3.8) is 0 Å². The molecule has 0 aliphatic carbocycles. The highest BCUT2D eigenvalue weighted by Gasteiger charge is 2.14. The number of non-ortho nitro benzene ring substituents is 1. The van der Waals surface area contributed by atoms with E-state index in [-0.39, 0.29) is 11.4 Å². The van der Waals surface area contributed by atoms with E-state index in [9.17, 15) is 19.3 Å². The van der Waals surface area contributed by atoms with Crippen molar-refractivity contribution < 1.29 is 23.6 Å². The summed E-state index contributed by atoms with van der Waals surface area (Å²) in [6.45, 7) is 0. The van der Waals surface area contributed by atoms with E-state index in [2.05, 4.69) is 9.72 Å². The first kappa shape index (κ1) is 16.3. The highest BCUT2D eigenvalue weighted by atomic mass is 19.1. The molecule has 0 spiro atoms. The number of hydrogen-bond acceptors (Lipinski definition) is 6. The van der Waals surface area contributed by atoms with Gasteiger partial charge >= 0.3 is 5.97 Å². The molecular formula is C17H11FN2O5. The number of nitrogens with zero attached hydrogens (tertiary/aromatic N) is 2. The Kier molecular flexibility index (Phi) is 4.25. The summed E-state index contributed by atoms with van der Waals surface area (Å²) >= 11 is 0. The maximum absolute atomic E-state index is 14.0. The summed E-state index contributed by atoms with van der Waals surface area (Å²) in [5.74, 6) is -1.22. The summed E-state index contributed by atoms with van der Waals surface area (Å²) in [4.78, 5) is 25.7. The number of halogens is 1. The Hall–Kier alpha value is -3.55. The van der Waals surface area contributed by atoms with Crippen molar-refractivity contribution in [3.05, 3.63) is 70.2 Å². The number of esters is 1. The lowest BCUT2D eigenvalue weighted by Crippen LogP contribution is -2.01. The molecule has 0 saturated carbocycles. The van der Waals surface area contributed by atoms with E-state index in [1.54, 1.807) is 6.07 Å². The predicted molar refractivity (Wildman–Crippen MR) is 86.2 cm³/mol. The summed E-state index contributed by atoms with van der Waals surface area (Å²) < 4.78 is 24.2. The van der Waals surface area contributed by atoms with Gasteiger partial charge in [-0.1, -0.05) is 0 Å². The van der Waals surface area contributed by atoms with Gasteiger partial charge in [-0.3, -0.25) is 15.1 Å². The van der Waals surface area contributed by atoms with E-state index in [4.69, 9.17) is 4.74 Å². The predicted octanol–water partition coefficient (Wildman–Crippen LogP) is 3.86. The van der Waals surface area contributed by atoms with Crippen molar-refractivity contribution in [2.24, 2.45) is 0 Å². The van der Waals surface area contributed by atoms with Gasteiger partial charge in [0.15, 0.2) is 11.6 Å². The molecular weight excluding hydrogens is 331 g/mol. The average Bonchev–Trinajstić information content (AvgIpc) is 2.62. The monoisotopic (exact) mass is 342 g/mol. The van der Waals surface area contributed by atoms with Gasteiger partial charge in [0.2, 0.25) is 0 Å². The number of hydrogen-bond donors (Lipinski definition) is 0. The number of aromatic nitrogens is 1. The smallest absolute Gasteiger partial charge is 0.337 e. The molecule has 0 aliphatic rings. The molecule has 0 N–H and O–H groups in total. The largest absolute Gasteiger partial charge is 0.465 e. The van der Waals surface area contributed by atoms with Gasteiger partial charge in [-0.2, -0.15) is 0 Å². The van der Waals surface area contributed by atoms with Gasteiger partial charge in [0.1, 0.15) is 5.75 Å². The van der Waals surface area contributed by atoms with Crippen LogP contribution < -0.4 is 4.74 Å². The van der Waals surface area contributed by atoms with Gasteiger partial charge in [-0.15, -0.1) is 0 Å². The first-order valence-electron chi connectivity index (χ1n) is 7.08. The molecule has 0 unspecified atom stereocenters. The lowest BCUT2D eigenvalue weighted by molar-refractivity contribution is -0.385. The first-order chi connectivity index (χ1) is 12.0. The van der Waals surface area contributed by atoms with Gasteiger partial charge < -0.3 is 9.47 Å². The summed E-state index contributed by atoms with van der Waals surface area (Å²) in [5.41, 5.74) is 0.413. The standard InChI is InChI=1S/C17H11FN2O5/c1-24-17(21)10-2-4-12-14(8-10)19-7-6-15(12)25-16-5-3-11(20(22)23)9-13(16)18/h2-9H,1H3.